The minimum atomic E-state index is -0.435. The van der Waals surface area contributed by atoms with Crippen LogP contribution in [0.1, 0.15) is 25.1 Å². The number of nitrogens with zero attached hydrogens (tertiary/aromatic N) is 2. The topological polar surface area (TPSA) is 118 Å². The lowest BCUT2D eigenvalue weighted by atomic mass is 10.2. The zero-order valence-electron chi connectivity index (χ0n) is 13.7. The van der Waals surface area contributed by atoms with Crippen LogP contribution in [-0.2, 0) is 11.3 Å². The fourth-order valence-corrected chi connectivity index (χ4v) is 1.87. The second-order valence-corrected chi connectivity index (χ2v) is 4.85. The van der Waals surface area contributed by atoms with Crippen LogP contribution in [0.2, 0.25) is 0 Å². The molecule has 3 amide bonds. The summed E-state index contributed by atoms with van der Waals surface area (Å²) in [4.78, 5) is 27.4. The molecule has 0 saturated carbocycles. The van der Waals surface area contributed by atoms with E-state index in [2.05, 4.69) is 26.1 Å². The molecule has 2 rings (SSSR count). The summed E-state index contributed by atoms with van der Waals surface area (Å²) >= 11 is 0. The average Bonchev–Trinajstić information content (AvgIpc) is 2.98. The number of nitrogens with one attached hydrogen (secondary N) is 3. The van der Waals surface area contributed by atoms with Gasteiger partial charge in [0.25, 0.3) is 0 Å². The Hall–Kier alpha value is -3.10. The normalized spacial score (nSPS) is 10.1. The zero-order chi connectivity index (χ0) is 17.5. The van der Waals surface area contributed by atoms with Crippen LogP contribution >= 0.6 is 0 Å². The van der Waals surface area contributed by atoms with E-state index in [4.69, 9.17) is 9.26 Å². The number of methoxy groups -OCH3 is 1. The van der Waals surface area contributed by atoms with Gasteiger partial charge in [0.15, 0.2) is 5.82 Å². The molecule has 0 aliphatic heterocycles. The molecule has 0 fully saturated rings. The number of anilines is 2. The first-order valence-electron chi connectivity index (χ1n) is 7.33. The van der Waals surface area contributed by atoms with Crippen molar-refractivity contribution in [2.45, 2.75) is 26.8 Å². The number of carbonyl (C=O) groups is 2. The van der Waals surface area contributed by atoms with Crippen molar-refractivity contribution >= 4 is 23.3 Å². The van der Waals surface area contributed by atoms with Gasteiger partial charge in [-0.1, -0.05) is 12.1 Å². The summed E-state index contributed by atoms with van der Waals surface area (Å²) in [6.07, 6.45) is 0.339. The Kier molecular flexibility index (Phi) is 5.72. The SMILES string of the molecule is CCC(=O)Nc1cc(NC(=O)NCc2noc(C)n2)ccc1OC. The number of benzene rings is 1. The Morgan fingerprint density at radius 2 is 2.08 bits per heavy atom. The van der Waals surface area contributed by atoms with Gasteiger partial charge in [-0.25, -0.2) is 4.79 Å². The van der Waals surface area contributed by atoms with Crippen molar-refractivity contribution in [3.63, 3.8) is 0 Å². The standard InChI is InChI=1S/C15H19N5O4/c1-4-14(21)19-11-7-10(5-6-12(11)23-3)18-15(22)16-8-13-17-9(2)24-20-13/h5-7H,4,8H2,1-3H3,(H,19,21)(H2,16,18,22). The molecule has 1 aromatic carbocycles. The van der Waals surface area contributed by atoms with E-state index >= 15 is 0 Å². The van der Waals surface area contributed by atoms with Crippen molar-refractivity contribution in [3.05, 3.63) is 29.9 Å². The zero-order valence-corrected chi connectivity index (χ0v) is 13.7. The van der Waals surface area contributed by atoms with E-state index in [1.165, 1.54) is 7.11 Å². The number of hydrogen-bond acceptors (Lipinski definition) is 6. The molecule has 24 heavy (non-hydrogen) atoms. The van der Waals surface area contributed by atoms with Crippen LogP contribution in [0.5, 0.6) is 5.75 Å². The van der Waals surface area contributed by atoms with Gasteiger partial charge >= 0.3 is 6.03 Å². The Bertz CT molecular complexity index is 728. The maximum Gasteiger partial charge on any atom is 0.319 e. The van der Waals surface area contributed by atoms with Gasteiger partial charge in [0, 0.05) is 19.0 Å². The number of hydrogen-bond donors (Lipinski definition) is 3. The molecule has 2 aromatic rings. The molecule has 0 aliphatic rings. The number of ether oxygens (including phenoxy) is 1. The van der Waals surface area contributed by atoms with Crippen LogP contribution in [0.15, 0.2) is 22.7 Å². The van der Waals surface area contributed by atoms with Crippen LogP contribution in [-0.4, -0.2) is 29.2 Å². The summed E-state index contributed by atoms with van der Waals surface area (Å²) in [5, 5.41) is 11.7. The van der Waals surface area contributed by atoms with Crippen molar-refractivity contribution in [1.82, 2.24) is 15.5 Å². The quantitative estimate of drug-likeness (QED) is 0.744. The van der Waals surface area contributed by atoms with Gasteiger partial charge in [-0.15, -0.1) is 0 Å². The van der Waals surface area contributed by atoms with Crippen LogP contribution in [0.4, 0.5) is 16.2 Å². The highest BCUT2D eigenvalue weighted by Gasteiger charge is 2.10. The summed E-state index contributed by atoms with van der Waals surface area (Å²) < 4.78 is 10.0. The number of carbonyl (C=O) groups excluding carboxylic acids is 2. The first-order chi connectivity index (χ1) is 11.5. The van der Waals surface area contributed by atoms with E-state index in [1.807, 2.05) is 0 Å². The summed E-state index contributed by atoms with van der Waals surface area (Å²) in [6.45, 7) is 3.55. The van der Waals surface area contributed by atoms with E-state index in [9.17, 15) is 9.59 Å². The summed E-state index contributed by atoms with van der Waals surface area (Å²) in [7, 11) is 1.50. The van der Waals surface area contributed by atoms with Gasteiger partial charge in [-0.2, -0.15) is 4.98 Å². The Labute approximate surface area is 138 Å². The minimum Gasteiger partial charge on any atom is -0.495 e. The molecule has 0 spiro atoms. The van der Waals surface area contributed by atoms with Crippen LogP contribution in [0, 0.1) is 6.92 Å². The smallest absolute Gasteiger partial charge is 0.319 e. The second-order valence-electron chi connectivity index (χ2n) is 4.85. The van der Waals surface area contributed by atoms with E-state index < -0.39 is 6.03 Å². The van der Waals surface area contributed by atoms with Gasteiger partial charge in [0.1, 0.15) is 5.75 Å². The first-order valence-corrected chi connectivity index (χ1v) is 7.33. The van der Waals surface area contributed by atoms with Crippen molar-refractivity contribution < 1.29 is 18.8 Å². The molecule has 9 heteroatoms. The Balaban J connectivity index is 1.99. The minimum absolute atomic E-state index is 0.138. The number of aromatic nitrogens is 2. The van der Waals surface area contributed by atoms with Crippen LogP contribution < -0.4 is 20.7 Å². The molecule has 3 N–H and O–H groups in total. The van der Waals surface area contributed by atoms with E-state index in [-0.39, 0.29) is 12.5 Å². The number of aryl methyl sites for hydroxylation is 1. The highest BCUT2D eigenvalue weighted by molar-refractivity contribution is 5.94. The molecule has 128 valence electrons. The van der Waals surface area contributed by atoms with Crippen molar-refractivity contribution in [2.24, 2.45) is 0 Å². The maximum atomic E-state index is 11.9. The third-order valence-corrected chi connectivity index (χ3v) is 3.03. The molecular weight excluding hydrogens is 314 g/mol. The third-order valence-electron chi connectivity index (χ3n) is 3.03. The average molecular weight is 333 g/mol. The van der Waals surface area contributed by atoms with Crippen molar-refractivity contribution in [3.8, 4) is 5.75 Å². The van der Waals surface area contributed by atoms with Gasteiger partial charge < -0.3 is 25.2 Å². The predicted octanol–water partition coefficient (Wildman–Crippen LogP) is 2.06. The molecular formula is C15H19N5O4. The lowest BCUT2D eigenvalue weighted by Crippen LogP contribution is -2.28. The van der Waals surface area contributed by atoms with E-state index in [0.29, 0.717) is 35.3 Å². The molecule has 0 aliphatic carbocycles. The number of amides is 3. The van der Waals surface area contributed by atoms with E-state index in [0.717, 1.165) is 0 Å². The van der Waals surface area contributed by atoms with Gasteiger partial charge in [0.05, 0.1) is 19.3 Å². The summed E-state index contributed by atoms with van der Waals surface area (Å²) in [5.74, 6) is 1.17. The lowest BCUT2D eigenvalue weighted by molar-refractivity contribution is -0.115. The summed E-state index contributed by atoms with van der Waals surface area (Å²) in [5.41, 5.74) is 0.986. The van der Waals surface area contributed by atoms with Crippen LogP contribution in [0.25, 0.3) is 0 Å². The highest BCUT2D eigenvalue weighted by Crippen LogP contribution is 2.27. The molecule has 0 unspecified atom stereocenters. The monoisotopic (exact) mass is 333 g/mol. The number of rotatable bonds is 6. The fourth-order valence-electron chi connectivity index (χ4n) is 1.87. The Morgan fingerprint density at radius 1 is 1.29 bits per heavy atom. The lowest BCUT2D eigenvalue weighted by Gasteiger charge is -2.12. The largest absolute Gasteiger partial charge is 0.495 e. The van der Waals surface area contributed by atoms with E-state index in [1.54, 1.807) is 32.0 Å². The molecule has 0 saturated heterocycles. The molecule has 1 aromatic heterocycles. The fraction of sp³-hybridized carbons (Fsp3) is 0.333. The highest BCUT2D eigenvalue weighted by atomic mass is 16.5. The first kappa shape index (κ1) is 17.3. The molecule has 9 nitrogen and oxygen atoms in total. The van der Waals surface area contributed by atoms with Crippen molar-refractivity contribution in [2.75, 3.05) is 17.7 Å². The predicted molar refractivity (Wildman–Crippen MR) is 86.8 cm³/mol. The molecule has 0 atom stereocenters. The molecule has 1 heterocycles. The maximum absolute atomic E-state index is 11.9. The Morgan fingerprint density at radius 3 is 2.71 bits per heavy atom. The van der Waals surface area contributed by atoms with Gasteiger partial charge in [-0.3, -0.25) is 4.79 Å². The number of urea groups is 1. The molecule has 0 radical (unpaired) electrons. The van der Waals surface area contributed by atoms with Crippen LogP contribution in [0.3, 0.4) is 0 Å². The summed E-state index contributed by atoms with van der Waals surface area (Å²) in [6, 6.07) is 4.50. The van der Waals surface area contributed by atoms with Gasteiger partial charge in [-0.05, 0) is 18.2 Å². The molecule has 0 bridgehead atoms. The third kappa shape index (κ3) is 4.70. The van der Waals surface area contributed by atoms with Crippen molar-refractivity contribution in [1.29, 1.82) is 0 Å². The second kappa shape index (κ2) is 7.95. The van der Waals surface area contributed by atoms with Gasteiger partial charge in [0.2, 0.25) is 11.8 Å².